The largest absolute Gasteiger partial charge is 0.387 e. The first-order chi connectivity index (χ1) is 8.68. The van der Waals surface area contributed by atoms with E-state index in [0.29, 0.717) is 18.2 Å². The highest BCUT2D eigenvalue weighted by Gasteiger charge is 2.28. The Kier molecular flexibility index (Phi) is 4.94. The molecule has 0 saturated carbocycles. The second kappa shape index (κ2) is 6.47. The standard InChI is InChI=1S/C12H22N4OS/c13-11-16-10(7-18-11)3-1-5-14-8-12(17)4-2-6-15-9-12/h7,14-15,17H,1-6,8-9H2,(H2,13,16). The second-order valence-electron chi connectivity index (χ2n) is 4.96. The van der Waals surface area contributed by atoms with Crippen LogP contribution in [0.5, 0.6) is 0 Å². The minimum absolute atomic E-state index is 0.566. The Hall–Kier alpha value is -0.690. The number of hydrogen-bond donors (Lipinski definition) is 4. The van der Waals surface area contributed by atoms with Crippen molar-refractivity contribution in [1.29, 1.82) is 0 Å². The summed E-state index contributed by atoms with van der Waals surface area (Å²) in [6.45, 7) is 3.29. The van der Waals surface area contributed by atoms with Crippen LogP contribution in [0.3, 0.4) is 0 Å². The van der Waals surface area contributed by atoms with E-state index < -0.39 is 5.60 Å². The van der Waals surface area contributed by atoms with E-state index in [1.54, 1.807) is 0 Å². The van der Waals surface area contributed by atoms with Crippen molar-refractivity contribution < 1.29 is 5.11 Å². The van der Waals surface area contributed by atoms with Crippen LogP contribution in [0.25, 0.3) is 0 Å². The number of rotatable bonds is 6. The predicted molar refractivity (Wildman–Crippen MR) is 74.8 cm³/mol. The molecule has 1 unspecified atom stereocenters. The number of thiazole rings is 1. The van der Waals surface area contributed by atoms with Gasteiger partial charge in [0, 0.05) is 18.5 Å². The topological polar surface area (TPSA) is 83.2 Å². The number of nitrogens with one attached hydrogen (secondary N) is 2. The third-order valence-corrected chi connectivity index (χ3v) is 3.98. The van der Waals surface area contributed by atoms with E-state index in [1.165, 1.54) is 11.3 Å². The number of piperidine rings is 1. The summed E-state index contributed by atoms with van der Waals surface area (Å²) in [5.41, 5.74) is 6.08. The summed E-state index contributed by atoms with van der Waals surface area (Å²) in [5, 5.41) is 19.4. The van der Waals surface area contributed by atoms with E-state index in [2.05, 4.69) is 15.6 Å². The Balaban J connectivity index is 1.58. The van der Waals surface area contributed by atoms with Crippen LogP contribution < -0.4 is 16.4 Å². The van der Waals surface area contributed by atoms with Gasteiger partial charge in [0.25, 0.3) is 0 Å². The van der Waals surface area contributed by atoms with E-state index in [9.17, 15) is 5.11 Å². The number of hydrogen-bond acceptors (Lipinski definition) is 6. The van der Waals surface area contributed by atoms with Crippen LogP contribution in [0.2, 0.25) is 0 Å². The van der Waals surface area contributed by atoms with Crippen molar-refractivity contribution in [3.63, 3.8) is 0 Å². The van der Waals surface area contributed by atoms with Gasteiger partial charge in [-0.2, -0.15) is 0 Å². The number of β-amino-alcohol motifs (C(OH)–C–C–N with tert-alkyl or cyclic N) is 1. The Labute approximate surface area is 112 Å². The van der Waals surface area contributed by atoms with Gasteiger partial charge >= 0.3 is 0 Å². The van der Waals surface area contributed by atoms with E-state index in [1.807, 2.05) is 5.38 Å². The maximum absolute atomic E-state index is 10.2. The lowest BCUT2D eigenvalue weighted by molar-refractivity contribution is 0.0173. The number of aryl methyl sites for hydroxylation is 1. The first-order valence-electron chi connectivity index (χ1n) is 6.52. The fourth-order valence-corrected chi connectivity index (χ4v) is 2.85. The van der Waals surface area contributed by atoms with E-state index in [0.717, 1.165) is 44.5 Å². The molecular formula is C12H22N4OS. The molecule has 0 aliphatic carbocycles. The molecule has 0 amide bonds. The highest BCUT2D eigenvalue weighted by Crippen LogP contribution is 2.15. The van der Waals surface area contributed by atoms with Crippen LogP contribution in [-0.4, -0.2) is 41.9 Å². The number of nitrogens with two attached hydrogens (primary N) is 1. The van der Waals surface area contributed by atoms with Gasteiger partial charge in [-0.1, -0.05) is 0 Å². The molecule has 2 rings (SSSR count). The summed E-state index contributed by atoms with van der Waals surface area (Å²) in [5.74, 6) is 0. The molecule has 102 valence electrons. The lowest BCUT2D eigenvalue weighted by Gasteiger charge is -2.32. The maximum atomic E-state index is 10.2. The summed E-state index contributed by atoms with van der Waals surface area (Å²) in [6, 6.07) is 0. The van der Waals surface area contributed by atoms with Crippen LogP contribution >= 0.6 is 11.3 Å². The van der Waals surface area contributed by atoms with Gasteiger partial charge in [0.1, 0.15) is 0 Å². The van der Waals surface area contributed by atoms with Crippen molar-refractivity contribution in [3.05, 3.63) is 11.1 Å². The van der Waals surface area contributed by atoms with Gasteiger partial charge < -0.3 is 21.5 Å². The van der Waals surface area contributed by atoms with Crippen molar-refractivity contribution in [2.45, 2.75) is 31.3 Å². The van der Waals surface area contributed by atoms with Gasteiger partial charge in [-0.05, 0) is 38.8 Å². The molecule has 6 heteroatoms. The molecule has 1 aliphatic rings. The average molecular weight is 270 g/mol. The monoisotopic (exact) mass is 270 g/mol. The number of aliphatic hydroxyl groups is 1. The third kappa shape index (κ3) is 4.20. The first kappa shape index (κ1) is 13.7. The van der Waals surface area contributed by atoms with Gasteiger partial charge in [-0.15, -0.1) is 11.3 Å². The summed E-state index contributed by atoms with van der Waals surface area (Å²) in [6.07, 6.45) is 3.90. The van der Waals surface area contributed by atoms with Crippen LogP contribution in [-0.2, 0) is 6.42 Å². The fraction of sp³-hybridized carbons (Fsp3) is 0.750. The SMILES string of the molecule is Nc1nc(CCCNCC2(O)CCCNC2)cs1. The van der Waals surface area contributed by atoms with Crippen LogP contribution in [0.1, 0.15) is 25.0 Å². The summed E-state index contributed by atoms with van der Waals surface area (Å²) >= 11 is 1.49. The van der Waals surface area contributed by atoms with Crippen LogP contribution in [0, 0.1) is 0 Å². The number of nitrogens with zero attached hydrogens (tertiary/aromatic N) is 1. The third-order valence-electron chi connectivity index (χ3n) is 3.26. The Bertz CT molecular complexity index is 363. The molecule has 1 aromatic rings. The molecule has 5 nitrogen and oxygen atoms in total. The molecule has 0 bridgehead atoms. The molecule has 0 radical (unpaired) electrons. The lowest BCUT2D eigenvalue weighted by Crippen LogP contribution is -2.52. The zero-order chi connectivity index (χ0) is 12.8. The number of anilines is 1. The summed E-state index contributed by atoms with van der Waals surface area (Å²) in [7, 11) is 0. The molecule has 0 spiro atoms. The van der Waals surface area contributed by atoms with Crippen molar-refractivity contribution in [2.75, 3.05) is 31.9 Å². The van der Waals surface area contributed by atoms with Crippen molar-refractivity contribution in [2.24, 2.45) is 0 Å². The molecule has 2 heterocycles. The predicted octanol–water partition coefficient (Wildman–Crippen LogP) is 0.362. The Morgan fingerprint density at radius 3 is 3.17 bits per heavy atom. The number of aromatic nitrogens is 1. The fourth-order valence-electron chi connectivity index (χ4n) is 2.26. The minimum Gasteiger partial charge on any atom is -0.387 e. The first-order valence-corrected chi connectivity index (χ1v) is 7.40. The molecule has 18 heavy (non-hydrogen) atoms. The molecule has 1 aromatic heterocycles. The molecule has 1 atom stereocenters. The Morgan fingerprint density at radius 1 is 1.61 bits per heavy atom. The highest BCUT2D eigenvalue weighted by molar-refractivity contribution is 7.13. The smallest absolute Gasteiger partial charge is 0.180 e. The van der Waals surface area contributed by atoms with Gasteiger partial charge in [-0.3, -0.25) is 0 Å². The zero-order valence-corrected chi connectivity index (χ0v) is 11.4. The van der Waals surface area contributed by atoms with E-state index in [4.69, 9.17) is 5.73 Å². The van der Waals surface area contributed by atoms with Gasteiger partial charge in [0.05, 0.1) is 11.3 Å². The molecular weight excluding hydrogens is 248 g/mol. The van der Waals surface area contributed by atoms with Gasteiger partial charge in [0.2, 0.25) is 0 Å². The molecule has 1 fully saturated rings. The quantitative estimate of drug-likeness (QED) is 0.561. The Morgan fingerprint density at radius 2 is 2.50 bits per heavy atom. The van der Waals surface area contributed by atoms with E-state index >= 15 is 0 Å². The molecule has 1 saturated heterocycles. The minimum atomic E-state index is -0.566. The van der Waals surface area contributed by atoms with Crippen molar-refractivity contribution >= 4 is 16.5 Å². The second-order valence-corrected chi connectivity index (χ2v) is 5.85. The number of nitrogen functional groups attached to an aromatic ring is 1. The van der Waals surface area contributed by atoms with Crippen LogP contribution in [0.4, 0.5) is 5.13 Å². The maximum Gasteiger partial charge on any atom is 0.180 e. The highest BCUT2D eigenvalue weighted by atomic mass is 32.1. The lowest BCUT2D eigenvalue weighted by atomic mass is 9.94. The van der Waals surface area contributed by atoms with Gasteiger partial charge in [0.15, 0.2) is 5.13 Å². The molecule has 5 N–H and O–H groups in total. The average Bonchev–Trinajstić information content (AvgIpc) is 2.75. The van der Waals surface area contributed by atoms with Gasteiger partial charge in [-0.25, -0.2) is 4.98 Å². The summed E-state index contributed by atoms with van der Waals surface area (Å²) < 4.78 is 0. The molecule has 0 aromatic carbocycles. The van der Waals surface area contributed by atoms with Crippen LogP contribution in [0.15, 0.2) is 5.38 Å². The zero-order valence-electron chi connectivity index (χ0n) is 10.6. The van der Waals surface area contributed by atoms with Crippen molar-refractivity contribution in [1.82, 2.24) is 15.6 Å². The summed E-state index contributed by atoms with van der Waals surface area (Å²) in [4.78, 5) is 4.22. The normalized spacial score (nSPS) is 24.3. The van der Waals surface area contributed by atoms with E-state index in [-0.39, 0.29) is 0 Å². The van der Waals surface area contributed by atoms with Crippen molar-refractivity contribution in [3.8, 4) is 0 Å². The molecule has 1 aliphatic heterocycles.